The molecule has 0 aromatic heterocycles. The van der Waals surface area contributed by atoms with Crippen LogP contribution < -0.4 is 10.1 Å². The fourth-order valence-corrected chi connectivity index (χ4v) is 2.24. The summed E-state index contributed by atoms with van der Waals surface area (Å²) in [5, 5.41) is 13.3. The second kappa shape index (κ2) is 9.33. The molecule has 0 fully saturated rings. The van der Waals surface area contributed by atoms with Gasteiger partial charge in [0.15, 0.2) is 6.61 Å². The third kappa shape index (κ3) is 6.43. The van der Waals surface area contributed by atoms with Crippen LogP contribution in [-0.2, 0) is 16.0 Å². The minimum absolute atomic E-state index is 0.0424. The molecule has 0 radical (unpaired) electrons. The molecule has 8 heteroatoms. The molecule has 0 spiro atoms. The maximum absolute atomic E-state index is 11.9. The molecule has 0 aliphatic heterocycles. The van der Waals surface area contributed by atoms with Gasteiger partial charge in [0, 0.05) is 38.3 Å². The van der Waals surface area contributed by atoms with Crippen molar-refractivity contribution in [3.63, 3.8) is 0 Å². The summed E-state index contributed by atoms with van der Waals surface area (Å²) in [6, 6.07) is 12.7. The van der Waals surface area contributed by atoms with E-state index in [4.69, 9.17) is 4.74 Å². The smallest absolute Gasteiger partial charge is 0.269 e. The lowest BCUT2D eigenvalue weighted by Gasteiger charge is -2.10. The molecule has 8 nitrogen and oxygen atoms in total. The van der Waals surface area contributed by atoms with Gasteiger partial charge < -0.3 is 15.0 Å². The van der Waals surface area contributed by atoms with Gasteiger partial charge in [-0.2, -0.15) is 0 Å². The molecule has 0 atom stereocenters. The molecule has 0 bridgehead atoms. The third-order valence-corrected chi connectivity index (χ3v) is 3.78. The van der Waals surface area contributed by atoms with Crippen molar-refractivity contribution in [2.24, 2.45) is 0 Å². The summed E-state index contributed by atoms with van der Waals surface area (Å²) in [5.74, 6) is 0.0938. The molecule has 0 aliphatic rings. The van der Waals surface area contributed by atoms with E-state index in [0.29, 0.717) is 24.3 Å². The van der Waals surface area contributed by atoms with Gasteiger partial charge >= 0.3 is 0 Å². The standard InChI is InChI=1S/C19H21N3O5/c1-21(2)19(24)12-5-14-3-6-15(7-4-14)20-18(23)13-27-17-10-8-16(9-11-17)22(25)26/h3-4,6-11H,5,12-13H2,1-2H3,(H,20,23). The number of nitrogens with zero attached hydrogens (tertiary/aromatic N) is 2. The van der Waals surface area contributed by atoms with Gasteiger partial charge in [0.1, 0.15) is 5.75 Å². The molecule has 1 N–H and O–H groups in total. The van der Waals surface area contributed by atoms with Crippen molar-refractivity contribution in [2.45, 2.75) is 12.8 Å². The van der Waals surface area contributed by atoms with Gasteiger partial charge in [-0.1, -0.05) is 12.1 Å². The lowest BCUT2D eigenvalue weighted by molar-refractivity contribution is -0.384. The van der Waals surface area contributed by atoms with E-state index in [9.17, 15) is 19.7 Å². The Balaban J connectivity index is 1.79. The molecule has 0 saturated heterocycles. The molecule has 2 aromatic rings. The first kappa shape index (κ1) is 19.9. The number of benzene rings is 2. The number of nitrogens with one attached hydrogen (secondary N) is 1. The van der Waals surface area contributed by atoms with Gasteiger partial charge in [-0.3, -0.25) is 19.7 Å². The van der Waals surface area contributed by atoms with Gasteiger partial charge in [-0.25, -0.2) is 0 Å². The van der Waals surface area contributed by atoms with Crippen LogP contribution in [-0.4, -0.2) is 42.3 Å². The highest BCUT2D eigenvalue weighted by Crippen LogP contribution is 2.17. The fourth-order valence-electron chi connectivity index (χ4n) is 2.24. The lowest BCUT2D eigenvalue weighted by Crippen LogP contribution is -2.21. The Hall–Kier alpha value is -3.42. The average molecular weight is 371 g/mol. The van der Waals surface area contributed by atoms with E-state index in [1.54, 1.807) is 31.1 Å². The van der Waals surface area contributed by atoms with Crippen molar-refractivity contribution in [1.29, 1.82) is 0 Å². The second-order valence-corrected chi connectivity index (χ2v) is 6.07. The Bertz CT molecular complexity index is 801. The zero-order chi connectivity index (χ0) is 19.8. The summed E-state index contributed by atoms with van der Waals surface area (Å²) < 4.78 is 5.31. The van der Waals surface area contributed by atoms with Crippen LogP contribution in [0, 0.1) is 10.1 Å². The van der Waals surface area contributed by atoms with E-state index in [1.807, 2.05) is 12.1 Å². The van der Waals surface area contributed by atoms with Crippen molar-refractivity contribution in [1.82, 2.24) is 4.90 Å². The van der Waals surface area contributed by atoms with Crippen LogP contribution in [0.2, 0.25) is 0 Å². The van der Waals surface area contributed by atoms with Crippen LogP contribution in [0.4, 0.5) is 11.4 Å². The number of aryl methyl sites for hydroxylation is 1. The molecular formula is C19H21N3O5. The Kier molecular flexibility index (Phi) is 6.87. The highest BCUT2D eigenvalue weighted by molar-refractivity contribution is 5.91. The van der Waals surface area contributed by atoms with Crippen molar-refractivity contribution < 1.29 is 19.2 Å². The van der Waals surface area contributed by atoms with Crippen LogP contribution in [0.25, 0.3) is 0 Å². The van der Waals surface area contributed by atoms with Crippen molar-refractivity contribution in [2.75, 3.05) is 26.0 Å². The predicted octanol–water partition coefficient (Wildman–Crippen LogP) is 2.63. The molecule has 0 heterocycles. The van der Waals surface area contributed by atoms with Crippen LogP contribution in [0.3, 0.4) is 0 Å². The number of nitro groups is 1. The topological polar surface area (TPSA) is 102 Å². The van der Waals surface area contributed by atoms with Gasteiger partial charge in [-0.05, 0) is 36.2 Å². The molecule has 2 aromatic carbocycles. The summed E-state index contributed by atoms with van der Waals surface area (Å²) in [5.41, 5.74) is 1.58. The quantitative estimate of drug-likeness (QED) is 0.568. The number of rotatable bonds is 8. The Morgan fingerprint density at radius 2 is 1.70 bits per heavy atom. The number of nitro benzene ring substituents is 1. The molecule has 142 valence electrons. The number of ether oxygens (including phenoxy) is 1. The van der Waals surface area contributed by atoms with E-state index in [-0.39, 0.29) is 24.1 Å². The number of non-ortho nitro benzene ring substituents is 1. The van der Waals surface area contributed by atoms with Crippen molar-refractivity contribution in [3.8, 4) is 5.75 Å². The number of anilines is 1. The van der Waals surface area contributed by atoms with Crippen molar-refractivity contribution in [3.05, 3.63) is 64.2 Å². The highest BCUT2D eigenvalue weighted by Gasteiger charge is 2.08. The number of carbonyl (C=O) groups is 2. The summed E-state index contributed by atoms with van der Waals surface area (Å²) in [6.45, 7) is -0.211. The molecule has 2 rings (SSSR count). The number of carbonyl (C=O) groups excluding carboxylic acids is 2. The molecule has 0 unspecified atom stereocenters. The third-order valence-electron chi connectivity index (χ3n) is 3.78. The predicted molar refractivity (Wildman–Crippen MR) is 101 cm³/mol. The maximum Gasteiger partial charge on any atom is 0.269 e. The summed E-state index contributed by atoms with van der Waals surface area (Å²) in [7, 11) is 3.44. The van der Waals surface area contributed by atoms with E-state index in [0.717, 1.165) is 5.56 Å². The zero-order valence-corrected chi connectivity index (χ0v) is 15.2. The normalized spacial score (nSPS) is 10.1. The van der Waals surface area contributed by atoms with Gasteiger partial charge in [-0.15, -0.1) is 0 Å². The summed E-state index contributed by atoms with van der Waals surface area (Å²) in [6.07, 6.45) is 1.07. The van der Waals surface area contributed by atoms with E-state index >= 15 is 0 Å². The first-order valence-corrected chi connectivity index (χ1v) is 8.31. The Morgan fingerprint density at radius 1 is 1.07 bits per heavy atom. The SMILES string of the molecule is CN(C)C(=O)CCc1ccc(NC(=O)COc2ccc([N+](=O)[O-])cc2)cc1. The average Bonchev–Trinajstić information content (AvgIpc) is 2.65. The minimum atomic E-state index is -0.503. The number of hydrogen-bond donors (Lipinski definition) is 1. The molecule has 27 heavy (non-hydrogen) atoms. The van der Waals surface area contributed by atoms with Gasteiger partial charge in [0.25, 0.3) is 11.6 Å². The van der Waals surface area contributed by atoms with E-state index in [2.05, 4.69) is 5.32 Å². The largest absolute Gasteiger partial charge is 0.484 e. The summed E-state index contributed by atoms with van der Waals surface area (Å²) >= 11 is 0. The zero-order valence-electron chi connectivity index (χ0n) is 15.2. The van der Waals surface area contributed by atoms with Crippen LogP contribution in [0.15, 0.2) is 48.5 Å². The molecule has 0 saturated carbocycles. The second-order valence-electron chi connectivity index (χ2n) is 6.07. The Labute approximate surface area is 156 Å². The minimum Gasteiger partial charge on any atom is -0.484 e. The molecular weight excluding hydrogens is 350 g/mol. The summed E-state index contributed by atoms with van der Waals surface area (Å²) in [4.78, 5) is 35.2. The lowest BCUT2D eigenvalue weighted by atomic mass is 10.1. The fraction of sp³-hybridized carbons (Fsp3) is 0.263. The van der Waals surface area contributed by atoms with E-state index in [1.165, 1.54) is 24.3 Å². The molecule has 0 aliphatic carbocycles. The highest BCUT2D eigenvalue weighted by atomic mass is 16.6. The van der Waals surface area contributed by atoms with Crippen LogP contribution >= 0.6 is 0 Å². The number of hydrogen-bond acceptors (Lipinski definition) is 5. The van der Waals surface area contributed by atoms with E-state index < -0.39 is 4.92 Å². The maximum atomic E-state index is 11.9. The first-order chi connectivity index (χ1) is 12.8. The Morgan fingerprint density at radius 3 is 2.26 bits per heavy atom. The van der Waals surface area contributed by atoms with Gasteiger partial charge in [0.2, 0.25) is 5.91 Å². The number of amides is 2. The first-order valence-electron chi connectivity index (χ1n) is 8.31. The monoisotopic (exact) mass is 371 g/mol. The van der Waals surface area contributed by atoms with Gasteiger partial charge in [0.05, 0.1) is 4.92 Å². The van der Waals surface area contributed by atoms with Crippen molar-refractivity contribution >= 4 is 23.2 Å². The molecule has 2 amide bonds. The van der Waals surface area contributed by atoms with Crippen LogP contribution in [0.5, 0.6) is 5.75 Å². The van der Waals surface area contributed by atoms with Crippen LogP contribution in [0.1, 0.15) is 12.0 Å².